The van der Waals surface area contributed by atoms with Crippen LogP contribution >= 0.6 is 0 Å². The van der Waals surface area contributed by atoms with E-state index in [0.717, 1.165) is 16.9 Å². The van der Waals surface area contributed by atoms with Gasteiger partial charge in [0.1, 0.15) is 18.2 Å². The standard InChI is InChI=1S/C25H25N5O4/c1-30-23-20(25(32)27-14-16-4-6-19(34-3)7-5-16)12-18(28-22(31)15-33-2)13-21(23)29-24(30)17-8-10-26-11-9-17/h4-13H,14-15H2,1-3H3,(H,27,32)(H,28,31). The normalized spacial score (nSPS) is 10.8. The Balaban J connectivity index is 1.71. The number of hydrogen-bond acceptors (Lipinski definition) is 6. The zero-order valence-electron chi connectivity index (χ0n) is 19.2. The van der Waals surface area contributed by atoms with E-state index < -0.39 is 0 Å². The van der Waals surface area contributed by atoms with Crippen LogP contribution in [0.5, 0.6) is 5.75 Å². The fourth-order valence-electron chi connectivity index (χ4n) is 3.71. The van der Waals surface area contributed by atoms with Gasteiger partial charge < -0.3 is 24.7 Å². The van der Waals surface area contributed by atoms with Crippen LogP contribution in [0.4, 0.5) is 5.69 Å². The zero-order chi connectivity index (χ0) is 24.1. The topological polar surface area (TPSA) is 107 Å². The summed E-state index contributed by atoms with van der Waals surface area (Å²) in [6.45, 7) is 0.237. The summed E-state index contributed by atoms with van der Waals surface area (Å²) in [5, 5.41) is 5.73. The zero-order valence-corrected chi connectivity index (χ0v) is 19.2. The van der Waals surface area contributed by atoms with Crippen LogP contribution in [0.2, 0.25) is 0 Å². The van der Waals surface area contributed by atoms with Gasteiger partial charge in [0.25, 0.3) is 5.91 Å². The largest absolute Gasteiger partial charge is 0.497 e. The van der Waals surface area contributed by atoms with Crippen molar-refractivity contribution in [3.63, 3.8) is 0 Å². The Morgan fingerprint density at radius 3 is 2.44 bits per heavy atom. The first kappa shape index (κ1) is 22.9. The fraction of sp³-hybridized carbons (Fsp3) is 0.200. The third-order valence-corrected chi connectivity index (χ3v) is 5.32. The van der Waals surface area contributed by atoms with Gasteiger partial charge in [-0.1, -0.05) is 12.1 Å². The first-order chi connectivity index (χ1) is 16.5. The summed E-state index contributed by atoms with van der Waals surface area (Å²) in [4.78, 5) is 34.2. The number of anilines is 1. The summed E-state index contributed by atoms with van der Waals surface area (Å²) in [7, 11) is 4.91. The Bertz CT molecular complexity index is 1320. The van der Waals surface area contributed by atoms with Gasteiger partial charge in [0, 0.05) is 44.3 Å². The fourth-order valence-corrected chi connectivity index (χ4v) is 3.71. The molecule has 0 radical (unpaired) electrons. The number of fused-ring (bicyclic) bond motifs is 1. The Labute approximate surface area is 196 Å². The van der Waals surface area contributed by atoms with Crippen molar-refractivity contribution in [2.24, 2.45) is 7.05 Å². The number of methoxy groups -OCH3 is 2. The lowest BCUT2D eigenvalue weighted by atomic mass is 10.1. The van der Waals surface area contributed by atoms with Gasteiger partial charge in [0.2, 0.25) is 5.91 Å². The van der Waals surface area contributed by atoms with E-state index in [-0.39, 0.29) is 18.4 Å². The molecule has 0 fully saturated rings. The number of benzene rings is 2. The van der Waals surface area contributed by atoms with Crippen LogP contribution in [-0.2, 0) is 23.1 Å². The molecule has 0 spiro atoms. The second kappa shape index (κ2) is 10.1. The number of pyridine rings is 1. The van der Waals surface area contributed by atoms with E-state index in [1.165, 1.54) is 7.11 Å². The average Bonchev–Trinajstić information content (AvgIpc) is 3.19. The van der Waals surface area contributed by atoms with Crippen molar-refractivity contribution in [3.8, 4) is 17.1 Å². The highest BCUT2D eigenvalue weighted by molar-refractivity contribution is 6.08. The number of nitrogens with one attached hydrogen (secondary N) is 2. The van der Waals surface area contributed by atoms with Gasteiger partial charge in [-0.05, 0) is 42.0 Å². The first-order valence-corrected chi connectivity index (χ1v) is 10.6. The highest BCUT2D eigenvalue weighted by atomic mass is 16.5. The minimum atomic E-state index is -0.322. The van der Waals surface area contributed by atoms with E-state index in [9.17, 15) is 9.59 Å². The molecule has 0 aliphatic rings. The number of carbonyl (C=O) groups is 2. The van der Waals surface area contributed by atoms with Crippen LogP contribution < -0.4 is 15.4 Å². The highest BCUT2D eigenvalue weighted by Gasteiger charge is 2.20. The first-order valence-electron chi connectivity index (χ1n) is 10.6. The number of aromatic nitrogens is 3. The molecule has 4 rings (SSSR count). The maximum atomic E-state index is 13.3. The second-order valence-corrected chi connectivity index (χ2v) is 7.63. The lowest BCUT2D eigenvalue weighted by Gasteiger charge is -2.11. The van der Waals surface area contributed by atoms with Crippen molar-refractivity contribution in [2.75, 3.05) is 26.1 Å². The molecule has 174 valence electrons. The van der Waals surface area contributed by atoms with Crippen molar-refractivity contribution >= 4 is 28.5 Å². The average molecular weight is 460 g/mol. The van der Waals surface area contributed by atoms with Crippen molar-refractivity contribution in [1.82, 2.24) is 19.9 Å². The molecule has 0 atom stereocenters. The van der Waals surface area contributed by atoms with Crippen LogP contribution in [0, 0.1) is 0 Å². The van der Waals surface area contributed by atoms with Crippen LogP contribution in [0.25, 0.3) is 22.4 Å². The van der Waals surface area contributed by atoms with E-state index in [0.29, 0.717) is 34.7 Å². The smallest absolute Gasteiger partial charge is 0.253 e. The number of aryl methyl sites for hydroxylation is 1. The molecule has 4 aromatic rings. The minimum Gasteiger partial charge on any atom is -0.497 e. The van der Waals surface area contributed by atoms with Gasteiger partial charge in [0.05, 0.1) is 23.7 Å². The summed E-state index contributed by atoms with van der Waals surface area (Å²) in [6, 6.07) is 14.6. The Morgan fingerprint density at radius 1 is 1.03 bits per heavy atom. The molecular formula is C25H25N5O4. The van der Waals surface area contributed by atoms with Gasteiger partial charge >= 0.3 is 0 Å². The molecule has 2 heterocycles. The quantitative estimate of drug-likeness (QED) is 0.419. The number of carbonyl (C=O) groups excluding carboxylic acids is 2. The van der Waals surface area contributed by atoms with E-state index in [4.69, 9.17) is 14.5 Å². The molecule has 0 aliphatic carbocycles. The van der Waals surface area contributed by atoms with E-state index in [1.807, 2.05) is 48.0 Å². The Hall–Kier alpha value is -4.24. The van der Waals surface area contributed by atoms with Gasteiger partial charge in [-0.3, -0.25) is 14.6 Å². The molecule has 0 saturated carbocycles. The molecule has 2 aromatic carbocycles. The van der Waals surface area contributed by atoms with E-state index in [2.05, 4.69) is 15.6 Å². The third-order valence-electron chi connectivity index (χ3n) is 5.32. The van der Waals surface area contributed by atoms with Crippen molar-refractivity contribution in [2.45, 2.75) is 6.54 Å². The van der Waals surface area contributed by atoms with Crippen LogP contribution in [-0.4, -0.2) is 47.2 Å². The monoisotopic (exact) mass is 459 g/mol. The van der Waals surface area contributed by atoms with E-state index >= 15 is 0 Å². The predicted molar refractivity (Wildman–Crippen MR) is 129 cm³/mol. The number of amides is 2. The Morgan fingerprint density at radius 2 is 1.76 bits per heavy atom. The molecule has 2 N–H and O–H groups in total. The second-order valence-electron chi connectivity index (χ2n) is 7.63. The Kier molecular flexibility index (Phi) is 6.84. The van der Waals surface area contributed by atoms with Gasteiger partial charge in [0.15, 0.2) is 0 Å². The van der Waals surface area contributed by atoms with Crippen LogP contribution in [0.1, 0.15) is 15.9 Å². The minimum absolute atomic E-state index is 0.0957. The molecule has 0 saturated heterocycles. The number of nitrogens with zero attached hydrogens (tertiary/aromatic N) is 3. The van der Waals surface area contributed by atoms with E-state index in [1.54, 1.807) is 31.6 Å². The number of hydrogen-bond donors (Lipinski definition) is 2. The highest BCUT2D eigenvalue weighted by Crippen LogP contribution is 2.29. The summed E-state index contributed by atoms with van der Waals surface area (Å²) in [5.41, 5.74) is 3.89. The van der Waals surface area contributed by atoms with Gasteiger partial charge in [-0.15, -0.1) is 0 Å². The summed E-state index contributed by atoms with van der Waals surface area (Å²) >= 11 is 0. The maximum absolute atomic E-state index is 13.3. The molecule has 2 amide bonds. The van der Waals surface area contributed by atoms with Crippen molar-refractivity contribution in [3.05, 3.63) is 72.1 Å². The van der Waals surface area contributed by atoms with Gasteiger partial charge in [-0.2, -0.15) is 0 Å². The number of ether oxygens (including phenoxy) is 2. The SMILES string of the molecule is COCC(=O)Nc1cc(C(=O)NCc2ccc(OC)cc2)c2c(c1)nc(-c1ccncc1)n2C. The lowest BCUT2D eigenvalue weighted by Crippen LogP contribution is -2.24. The maximum Gasteiger partial charge on any atom is 0.253 e. The van der Waals surface area contributed by atoms with Gasteiger partial charge in [-0.25, -0.2) is 4.98 Å². The lowest BCUT2D eigenvalue weighted by molar-refractivity contribution is -0.119. The van der Waals surface area contributed by atoms with Crippen molar-refractivity contribution in [1.29, 1.82) is 0 Å². The molecule has 9 nitrogen and oxygen atoms in total. The number of imidazole rings is 1. The molecule has 0 bridgehead atoms. The van der Waals surface area contributed by atoms with Crippen LogP contribution in [0.3, 0.4) is 0 Å². The number of rotatable bonds is 8. The molecule has 0 unspecified atom stereocenters. The summed E-state index contributed by atoms with van der Waals surface area (Å²) in [6.07, 6.45) is 3.38. The van der Waals surface area contributed by atoms with Crippen molar-refractivity contribution < 1.29 is 19.1 Å². The predicted octanol–water partition coefficient (Wildman–Crippen LogP) is 3.16. The third kappa shape index (κ3) is 4.89. The molecule has 34 heavy (non-hydrogen) atoms. The molecule has 2 aromatic heterocycles. The summed E-state index contributed by atoms with van der Waals surface area (Å²) < 4.78 is 12.0. The van der Waals surface area contributed by atoms with Crippen LogP contribution in [0.15, 0.2) is 60.9 Å². The summed E-state index contributed by atoms with van der Waals surface area (Å²) in [5.74, 6) is 0.821. The molecule has 9 heteroatoms. The molecular weight excluding hydrogens is 434 g/mol. The molecule has 0 aliphatic heterocycles.